The molecule has 4 heteroatoms. The molecule has 1 atom stereocenters. The molecule has 0 aromatic carbocycles. The molecule has 0 saturated heterocycles. The van der Waals surface area contributed by atoms with Crippen molar-refractivity contribution in [3.8, 4) is 0 Å². The first-order valence-electron chi connectivity index (χ1n) is 5.24. The molecule has 1 unspecified atom stereocenters. The van der Waals surface area contributed by atoms with E-state index >= 15 is 0 Å². The van der Waals surface area contributed by atoms with Crippen LogP contribution >= 0.6 is 0 Å². The normalized spacial score (nSPS) is 13.3. The predicted molar refractivity (Wildman–Crippen MR) is 60.5 cm³/mol. The first-order chi connectivity index (χ1) is 7.22. The Morgan fingerprint density at radius 3 is 3.00 bits per heavy atom. The molecule has 0 aliphatic rings. The van der Waals surface area contributed by atoms with E-state index in [1.165, 1.54) is 0 Å². The summed E-state index contributed by atoms with van der Waals surface area (Å²) in [7, 11) is 1.99. The lowest BCUT2D eigenvalue weighted by molar-refractivity contribution is 0.611. The summed E-state index contributed by atoms with van der Waals surface area (Å²) in [6, 6.07) is 4.06. The van der Waals surface area contributed by atoms with Crippen molar-refractivity contribution in [2.45, 2.75) is 25.8 Å². The lowest BCUT2D eigenvalue weighted by Gasteiger charge is -2.07. The third-order valence-corrected chi connectivity index (χ3v) is 2.69. The van der Waals surface area contributed by atoms with Crippen LogP contribution in [0.3, 0.4) is 0 Å². The first-order valence-corrected chi connectivity index (χ1v) is 5.24. The van der Waals surface area contributed by atoms with Gasteiger partial charge < -0.3 is 10.3 Å². The molecule has 2 aromatic heterocycles. The molecule has 0 fully saturated rings. The van der Waals surface area contributed by atoms with Gasteiger partial charge in [0.2, 0.25) is 0 Å². The topological polar surface area (TPSA) is 56.7 Å². The molecule has 0 radical (unpaired) electrons. The molecule has 0 bridgehead atoms. The van der Waals surface area contributed by atoms with Crippen molar-refractivity contribution in [1.82, 2.24) is 14.5 Å². The summed E-state index contributed by atoms with van der Waals surface area (Å²) in [5, 5.41) is 0. The van der Waals surface area contributed by atoms with Crippen molar-refractivity contribution in [2.24, 2.45) is 12.8 Å². The Labute approximate surface area is 89.1 Å². The lowest BCUT2D eigenvalue weighted by Crippen LogP contribution is -2.23. The van der Waals surface area contributed by atoms with Crippen LogP contribution in [0.4, 0.5) is 0 Å². The van der Waals surface area contributed by atoms with Gasteiger partial charge in [-0.25, -0.2) is 9.97 Å². The van der Waals surface area contributed by atoms with E-state index in [0.29, 0.717) is 0 Å². The zero-order valence-electron chi connectivity index (χ0n) is 9.14. The SMILES string of the molecule is CCC(N)Cc1nc2cccnc2n1C. The van der Waals surface area contributed by atoms with Gasteiger partial charge in [0.25, 0.3) is 0 Å². The van der Waals surface area contributed by atoms with E-state index in [9.17, 15) is 0 Å². The van der Waals surface area contributed by atoms with Gasteiger partial charge in [-0.15, -0.1) is 0 Å². The fourth-order valence-electron chi connectivity index (χ4n) is 1.63. The minimum absolute atomic E-state index is 0.181. The summed E-state index contributed by atoms with van der Waals surface area (Å²) in [5.41, 5.74) is 7.79. The molecule has 2 aromatic rings. The Kier molecular flexibility index (Phi) is 2.68. The van der Waals surface area contributed by atoms with E-state index in [0.717, 1.165) is 29.8 Å². The van der Waals surface area contributed by atoms with Gasteiger partial charge in [0, 0.05) is 25.7 Å². The van der Waals surface area contributed by atoms with Crippen molar-refractivity contribution in [3.63, 3.8) is 0 Å². The molecule has 15 heavy (non-hydrogen) atoms. The van der Waals surface area contributed by atoms with Crippen molar-refractivity contribution >= 4 is 11.2 Å². The summed E-state index contributed by atoms with van der Waals surface area (Å²) in [4.78, 5) is 8.81. The number of hydrogen-bond donors (Lipinski definition) is 1. The van der Waals surface area contributed by atoms with Crippen molar-refractivity contribution in [3.05, 3.63) is 24.2 Å². The van der Waals surface area contributed by atoms with Crippen LogP contribution in [0, 0.1) is 0 Å². The lowest BCUT2D eigenvalue weighted by atomic mass is 10.1. The van der Waals surface area contributed by atoms with Crippen LogP contribution in [0.1, 0.15) is 19.2 Å². The van der Waals surface area contributed by atoms with E-state index in [2.05, 4.69) is 16.9 Å². The summed E-state index contributed by atoms with van der Waals surface area (Å²) in [6.45, 7) is 2.09. The maximum atomic E-state index is 5.92. The molecule has 0 aliphatic heterocycles. The maximum absolute atomic E-state index is 5.92. The first kappa shape index (κ1) is 10.1. The fraction of sp³-hybridized carbons (Fsp3) is 0.455. The van der Waals surface area contributed by atoms with Gasteiger partial charge in [0.1, 0.15) is 11.3 Å². The molecule has 2 N–H and O–H groups in total. The molecule has 80 valence electrons. The third-order valence-electron chi connectivity index (χ3n) is 2.69. The average molecular weight is 204 g/mol. The largest absolute Gasteiger partial charge is 0.327 e. The Balaban J connectivity index is 2.40. The third kappa shape index (κ3) is 1.85. The van der Waals surface area contributed by atoms with Gasteiger partial charge >= 0.3 is 0 Å². The van der Waals surface area contributed by atoms with E-state index in [1.54, 1.807) is 6.20 Å². The second kappa shape index (κ2) is 3.98. The number of imidazole rings is 1. The number of rotatable bonds is 3. The highest BCUT2D eigenvalue weighted by molar-refractivity contribution is 5.70. The van der Waals surface area contributed by atoms with Gasteiger partial charge in [-0.3, -0.25) is 0 Å². The van der Waals surface area contributed by atoms with Crippen LogP contribution in [-0.4, -0.2) is 20.6 Å². The van der Waals surface area contributed by atoms with Gasteiger partial charge in [-0.1, -0.05) is 6.92 Å². The van der Waals surface area contributed by atoms with Crippen LogP contribution in [0.2, 0.25) is 0 Å². The monoisotopic (exact) mass is 204 g/mol. The Morgan fingerprint density at radius 2 is 2.33 bits per heavy atom. The van der Waals surface area contributed by atoms with E-state index in [-0.39, 0.29) is 6.04 Å². The standard InChI is InChI=1S/C11H16N4/c1-3-8(12)7-10-14-9-5-4-6-13-11(9)15(10)2/h4-6,8H,3,7,12H2,1-2H3. The molecule has 0 spiro atoms. The van der Waals surface area contributed by atoms with Crippen LogP contribution < -0.4 is 5.73 Å². The number of nitrogens with two attached hydrogens (primary N) is 1. The number of aryl methyl sites for hydroxylation is 1. The minimum Gasteiger partial charge on any atom is -0.327 e. The van der Waals surface area contributed by atoms with Crippen molar-refractivity contribution in [1.29, 1.82) is 0 Å². The number of nitrogens with zero attached hydrogens (tertiary/aromatic N) is 3. The number of fused-ring (bicyclic) bond motifs is 1. The second-order valence-electron chi connectivity index (χ2n) is 3.81. The highest BCUT2D eigenvalue weighted by Crippen LogP contribution is 2.12. The molecule has 2 rings (SSSR count). The number of aromatic nitrogens is 3. The summed E-state index contributed by atoms with van der Waals surface area (Å²) < 4.78 is 2.02. The Bertz CT molecular complexity index is 461. The smallest absolute Gasteiger partial charge is 0.159 e. The second-order valence-corrected chi connectivity index (χ2v) is 3.81. The predicted octanol–water partition coefficient (Wildman–Crippen LogP) is 1.25. The van der Waals surface area contributed by atoms with E-state index < -0.39 is 0 Å². The van der Waals surface area contributed by atoms with Crippen LogP contribution in [0.5, 0.6) is 0 Å². The van der Waals surface area contributed by atoms with Crippen molar-refractivity contribution < 1.29 is 0 Å². The molecule has 0 aliphatic carbocycles. The highest BCUT2D eigenvalue weighted by Gasteiger charge is 2.10. The zero-order chi connectivity index (χ0) is 10.8. The number of pyridine rings is 1. The fourth-order valence-corrected chi connectivity index (χ4v) is 1.63. The Morgan fingerprint density at radius 1 is 1.53 bits per heavy atom. The van der Waals surface area contributed by atoms with Crippen LogP contribution in [0.15, 0.2) is 18.3 Å². The highest BCUT2D eigenvalue weighted by atomic mass is 15.1. The van der Waals surface area contributed by atoms with Gasteiger partial charge in [0.15, 0.2) is 5.65 Å². The summed E-state index contributed by atoms with van der Waals surface area (Å²) in [6.07, 6.45) is 3.56. The van der Waals surface area contributed by atoms with Crippen LogP contribution in [0.25, 0.3) is 11.2 Å². The van der Waals surface area contributed by atoms with Crippen LogP contribution in [-0.2, 0) is 13.5 Å². The van der Waals surface area contributed by atoms with Gasteiger partial charge in [-0.2, -0.15) is 0 Å². The minimum atomic E-state index is 0.181. The van der Waals surface area contributed by atoms with Gasteiger partial charge in [0.05, 0.1) is 0 Å². The van der Waals surface area contributed by atoms with E-state index in [1.807, 2.05) is 23.7 Å². The van der Waals surface area contributed by atoms with Gasteiger partial charge in [-0.05, 0) is 18.6 Å². The van der Waals surface area contributed by atoms with Crippen molar-refractivity contribution in [2.75, 3.05) is 0 Å². The summed E-state index contributed by atoms with van der Waals surface area (Å²) >= 11 is 0. The molecular formula is C11H16N4. The van der Waals surface area contributed by atoms with E-state index in [4.69, 9.17) is 5.73 Å². The quantitative estimate of drug-likeness (QED) is 0.818. The molecule has 0 amide bonds. The molecule has 4 nitrogen and oxygen atoms in total. The zero-order valence-corrected chi connectivity index (χ0v) is 9.14. The molecule has 2 heterocycles. The Hall–Kier alpha value is -1.42. The molecular weight excluding hydrogens is 188 g/mol. The summed E-state index contributed by atoms with van der Waals surface area (Å²) in [5.74, 6) is 1.01. The molecule has 0 saturated carbocycles. The number of hydrogen-bond acceptors (Lipinski definition) is 3. The average Bonchev–Trinajstić information content (AvgIpc) is 2.57. The maximum Gasteiger partial charge on any atom is 0.159 e.